The lowest BCUT2D eigenvalue weighted by atomic mass is 10.1. The van der Waals surface area contributed by atoms with Crippen molar-refractivity contribution in [2.45, 2.75) is 14.7 Å². The number of fused-ring (bicyclic) bond motifs is 1. The van der Waals surface area contributed by atoms with Crippen molar-refractivity contribution in [2.24, 2.45) is 0 Å². The Morgan fingerprint density at radius 2 is 1.32 bits per heavy atom. The van der Waals surface area contributed by atoms with Gasteiger partial charge in [-0.15, -0.1) is 0 Å². The molecule has 0 bridgehead atoms. The fraction of sp³-hybridized carbons (Fsp3) is 0. The molecule has 0 radical (unpaired) electrons. The summed E-state index contributed by atoms with van der Waals surface area (Å²) in [6.07, 6.45) is 0. The van der Waals surface area contributed by atoms with Crippen molar-refractivity contribution in [2.75, 3.05) is 0 Å². The van der Waals surface area contributed by atoms with E-state index < -0.39 is 40.1 Å². The monoisotopic (exact) mass is 444 g/mol. The van der Waals surface area contributed by atoms with Crippen molar-refractivity contribution in [1.82, 2.24) is 0 Å². The maximum Gasteiger partial charge on any atom is 0.339 e. The predicted octanol–water partition coefficient (Wildman–Crippen LogP) is 2.10. The van der Waals surface area contributed by atoms with E-state index in [1.165, 1.54) is 36.4 Å². The van der Waals surface area contributed by atoms with E-state index in [4.69, 9.17) is 8.74 Å². The zero-order valence-corrected chi connectivity index (χ0v) is 16.2. The smallest absolute Gasteiger partial charge is 0.339 e. The SMILES string of the molecule is O=S(=O)(O)c1cc(S(=O)(=O)O)c2cc(OS(=O)(=O)c3ccccc3)ccc2c1. The van der Waals surface area contributed by atoms with Gasteiger partial charge in [0, 0.05) is 5.39 Å². The number of hydrogen-bond acceptors (Lipinski definition) is 7. The quantitative estimate of drug-likeness (QED) is 0.445. The van der Waals surface area contributed by atoms with E-state index in [9.17, 15) is 29.8 Å². The molecule has 0 aliphatic carbocycles. The molecule has 0 saturated heterocycles. The minimum atomic E-state index is -4.91. The van der Waals surface area contributed by atoms with Crippen LogP contribution in [-0.2, 0) is 30.4 Å². The van der Waals surface area contributed by atoms with E-state index in [0.717, 1.165) is 12.1 Å². The Hall–Kier alpha value is -2.51. The molecular weight excluding hydrogens is 432 g/mol. The Morgan fingerprint density at radius 1 is 0.679 bits per heavy atom. The molecule has 0 heterocycles. The molecule has 3 rings (SSSR count). The minimum absolute atomic E-state index is 0.00668. The van der Waals surface area contributed by atoms with Gasteiger partial charge in [0.05, 0.1) is 4.90 Å². The molecule has 0 aromatic heterocycles. The Morgan fingerprint density at radius 3 is 1.89 bits per heavy atom. The van der Waals surface area contributed by atoms with Crippen molar-refractivity contribution in [1.29, 1.82) is 0 Å². The fourth-order valence-electron chi connectivity index (χ4n) is 2.45. The van der Waals surface area contributed by atoms with Gasteiger partial charge < -0.3 is 4.18 Å². The predicted molar refractivity (Wildman–Crippen MR) is 97.8 cm³/mol. The first-order chi connectivity index (χ1) is 12.9. The number of hydrogen-bond donors (Lipinski definition) is 2. The van der Waals surface area contributed by atoms with Crippen LogP contribution in [0.4, 0.5) is 0 Å². The molecule has 0 aliphatic rings. The summed E-state index contributed by atoms with van der Waals surface area (Å²) in [5, 5.41) is -0.192. The van der Waals surface area contributed by atoms with E-state index in [0.29, 0.717) is 6.07 Å². The van der Waals surface area contributed by atoms with Crippen molar-refractivity contribution >= 4 is 41.1 Å². The van der Waals surface area contributed by atoms with E-state index in [-0.39, 0.29) is 21.4 Å². The van der Waals surface area contributed by atoms with Gasteiger partial charge in [-0.05, 0) is 41.8 Å². The van der Waals surface area contributed by atoms with Crippen LogP contribution in [0.25, 0.3) is 10.8 Å². The summed E-state index contributed by atoms with van der Waals surface area (Å²) in [6, 6.07) is 12.1. The van der Waals surface area contributed by atoms with Gasteiger partial charge in [0.25, 0.3) is 20.2 Å². The topological polar surface area (TPSA) is 152 Å². The Labute approximate surface area is 160 Å². The summed E-state index contributed by atoms with van der Waals surface area (Å²) in [5.41, 5.74) is 0. The summed E-state index contributed by atoms with van der Waals surface area (Å²) in [6.45, 7) is 0. The van der Waals surface area contributed by atoms with E-state index in [2.05, 4.69) is 0 Å². The van der Waals surface area contributed by atoms with Crippen LogP contribution in [0, 0.1) is 0 Å². The van der Waals surface area contributed by atoms with Gasteiger partial charge in [0.1, 0.15) is 15.5 Å². The van der Waals surface area contributed by atoms with Crippen molar-refractivity contribution in [3.8, 4) is 5.75 Å². The zero-order chi connectivity index (χ0) is 20.7. The van der Waals surface area contributed by atoms with Crippen LogP contribution in [0.1, 0.15) is 0 Å². The highest BCUT2D eigenvalue weighted by Crippen LogP contribution is 2.31. The lowest BCUT2D eigenvalue weighted by molar-refractivity contribution is 0.481. The third-order valence-electron chi connectivity index (χ3n) is 3.67. The summed E-state index contributed by atoms with van der Waals surface area (Å²) in [5.74, 6) is -0.263. The standard InChI is InChI=1S/C16H12O9S3/c17-26(18,19)14-8-11-6-7-12(9-15(11)16(10-14)27(20,21)22)25-28(23,24)13-4-2-1-3-5-13/h1-10H,(H,17,18,19)(H,20,21,22). The van der Waals surface area contributed by atoms with Crippen LogP contribution >= 0.6 is 0 Å². The molecule has 3 aromatic rings. The van der Waals surface area contributed by atoms with Crippen molar-refractivity contribution < 1.29 is 38.5 Å². The van der Waals surface area contributed by atoms with E-state index in [1.807, 2.05) is 0 Å². The third-order valence-corrected chi connectivity index (χ3v) is 6.66. The fourth-order valence-corrected chi connectivity index (χ4v) is 4.74. The van der Waals surface area contributed by atoms with Gasteiger partial charge in [-0.1, -0.05) is 24.3 Å². The molecule has 9 nitrogen and oxygen atoms in total. The van der Waals surface area contributed by atoms with Gasteiger partial charge in [0.15, 0.2) is 0 Å². The van der Waals surface area contributed by atoms with E-state index in [1.54, 1.807) is 6.07 Å². The first kappa shape index (κ1) is 20.2. The lowest BCUT2D eigenvalue weighted by Gasteiger charge is -2.10. The molecule has 28 heavy (non-hydrogen) atoms. The summed E-state index contributed by atoms with van der Waals surface area (Å²) in [7, 11) is -13.9. The molecule has 2 N–H and O–H groups in total. The van der Waals surface area contributed by atoms with Crippen LogP contribution < -0.4 is 4.18 Å². The summed E-state index contributed by atoms with van der Waals surface area (Å²) in [4.78, 5) is -1.72. The number of rotatable bonds is 5. The highest BCUT2D eigenvalue weighted by Gasteiger charge is 2.22. The maximum atomic E-state index is 12.3. The molecule has 0 unspecified atom stereocenters. The lowest BCUT2D eigenvalue weighted by Crippen LogP contribution is -2.10. The molecule has 0 fully saturated rings. The normalized spacial score (nSPS) is 12.8. The third kappa shape index (κ3) is 4.15. The van der Waals surface area contributed by atoms with Crippen LogP contribution in [-0.4, -0.2) is 34.4 Å². The van der Waals surface area contributed by atoms with Gasteiger partial charge >= 0.3 is 10.1 Å². The first-order valence-electron chi connectivity index (χ1n) is 7.40. The minimum Gasteiger partial charge on any atom is -0.379 e. The Balaban J connectivity index is 2.19. The summed E-state index contributed by atoms with van der Waals surface area (Å²) >= 11 is 0. The van der Waals surface area contributed by atoms with Gasteiger partial charge in [-0.2, -0.15) is 25.3 Å². The van der Waals surface area contributed by atoms with Gasteiger partial charge in [-0.25, -0.2) is 0 Å². The first-order valence-corrected chi connectivity index (χ1v) is 11.7. The second-order valence-corrected chi connectivity index (χ2v) is 9.96. The van der Waals surface area contributed by atoms with Crippen LogP contribution in [0.3, 0.4) is 0 Å². The molecule has 0 spiro atoms. The molecule has 3 aromatic carbocycles. The van der Waals surface area contributed by atoms with Crippen LogP contribution in [0.2, 0.25) is 0 Å². The maximum absolute atomic E-state index is 12.3. The zero-order valence-electron chi connectivity index (χ0n) is 13.8. The molecule has 0 amide bonds. The van der Waals surface area contributed by atoms with Gasteiger partial charge in [0.2, 0.25) is 0 Å². The second kappa shape index (κ2) is 6.83. The number of benzene rings is 3. The molecule has 0 atom stereocenters. The molecular formula is C16H12O9S3. The Bertz CT molecular complexity index is 1380. The second-order valence-electron chi connectivity index (χ2n) is 5.60. The van der Waals surface area contributed by atoms with Crippen LogP contribution in [0.15, 0.2) is 75.4 Å². The largest absolute Gasteiger partial charge is 0.379 e. The van der Waals surface area contributed by atoms with Gasteiger partial charge in [-0.3, -0.25) is 9.11 Å². The average Bonchev–Trinajstić information content (AvgIpc) is 2.59. The molecule has 0 aliphatic heterocycles. The average molecular weight is 444 g/mol. The van der Waals surface area contributed by atoms with Crippen molar-refractivity contribution in [3.05, 3.63) is 60.7 Å². The summed E-state index contributed by atoms with van der Waals surface area (Å²) < 4.78 is 94.2. The van der Waals surface area contributed by atoms with Crippen LogP contribution in [0.5, 0.6) is 5.75 Å². The van der Waals surface area contributed by atoms with E-state index >= 15 is 0 Å². The Kier molecular flexibility index (Phi) is 4.93. The molecule has 12 heteroatoms. The highest BCUT2D eigenvalue weighted by molar-refractivity contribution is 7.87. The van der Waals surface area contributed by atoms with Crippen molar-refractivity contribution in [3.63, 3.8) is 0 Å². The molecule has 148 valence electrons. The molecule has 0 saturated carbocycles. The highest BCUT2D eigenvalue weighted by atomic mass is 32.2.